The molecule has 1 aliphatic carbocycles. The number of carboxylic acid groups (broad SMARTS) is 1. The van der Waals surface area contributed by atoms with Crippen LogP contribution in [0.1, 0.15) is 50.3 Å². The van der Waals surface area contributed by atoms with Crippen molar-refractivity contribution in [3.05, 3.63) is 22.4 Å². The molecule has 0 saturated heterocycles. The lowest BCUT2D eigenvalue weighted by molar-refractivity contribution is -0.151. The monoisotopic (exact) mass is 295 g/mol. The van der Waals surface area contributed by atoms with Crippen molar-refractivity contribution in [2.75, 3.05) is 13.1 Å². The summed E-state index contributed by atoms with van der Waals surface area (Å²) in [5.74, 6) is -0.593. The quantitative estimate of drug-likeness (QED) is 0.807. The van der Waals surface area contributed by atoms with Crippen LogP contribution in [0.15, 0.2) is 17.5 Å². The molecule has 0 radical (unpaired) electrons. The highest BCUT2D eigenvalue weighted by molar-refractivity contribution is 7.09. The Morgan fingerprint density at radius 1 is 1.35 bits per heavy atom. The number of hydrogen-bond donors (Lipinski definition) is 1. The minimum Gasteiger partial charge on any atom is -0.481 e. The van der Waals surface area contributed by atoms with E-state index in [4.69, 9.17) is 0 Å². The van der Waals surface area contributed by atoms with Crippen molar-refractivity contribution in [2.45, 2.75) is 52.0 Å². The molecule has 0 atom stereocenters. The summed E-state index contributed by atoms with van der Waals surface area (Å²) in [6.45, 7) is 4.60. The first-order chi connectivity index (χ1) is 9.66. The van der Waals surface area contributed by atoms with E-state index in [1.54, 1.807) is 11.3 Å². The molecule has 0 aromatic carbocycles. The van der Waals surface area contributed by atoms with Gasteiger partial charge in [0.05, 0.1) is 5.41 Å². The van der Waals surface area contributed by atoms with E-state index >= 15 is 0 Å². The Hall–Kier alpha value is -0.870. The SMILES string of the molecule is CCN(Cc1cccs1)CC1(C(=O)O)CCCCCC1. The first-order valence-corrected chi connectivity index (χ1v) is 8.52. The predicted molar refractivity (Wildman–Crippen MR) is 83.0 cm³/mol. The number of aliphatic carboxylic acids is 1. The number of nitrogens with zero attached hydrogens (tertiary/aromatic N) is 1. The second-order valence-corrected chi connectivity index (χ2v) is 6.91. The molecule has 1 aromatic rings. The largest absolute Gasteiger partial charge is 0.481 e. The van der Waals surface area contributed by atoms with E-state index < -0.39 is 11.4 Å². The molecule has 2 rings (SSSR count). The van der Waals surface area contributed by atoms with Gasteiger partial charge in [-0.2, -0.15) is 0 Å². The lowest BCUT2D eigenvalue weighted by Gasteiger charge is -2.34. The summed E-state index contributed by atoms with van der Waals surface area (Å²) in [7, 11) is 0. The molecular weight excluding hydrogens is 270 g/mol. The van der Waals surface area contributed by atoms with E-state index in [1.807, 2.05) is 0 Å². The maximum Gasteiger partial charge on any atom is 0.310 e. The van der Waals surface area contributed by atoms with Crippen molar-refractivity contribution in [1.82, 2.24) is 4.90 Å². The standard InChI is InChI=1S/C16H25NO2S/c1-2-17(12-14-8-7-11-20-14)13-16(15(18)19)9-5-3-4-6-10-16/h7-8,11H,2-6,9-10,12-13H2,1H3,(H,18,19). The summed E-state index contributed by atoms with van der Waals surface area (Å²) in [4.78, 5) is 15.5. The summed E-state index contributed by atoms with van der Waals surface area (Å²) in [6, 6.07) is 4.19. The molecule has 20 heavy (non-hydrogen) atoms. The minimum atomic E-state index is -0.593. The molecule has 1 fully saturated rings. The van der Waals surface area contributed by atoms with Crippen LogP contribution in [-0.2, 0) is 11.3 Å². The molecule has 1 heterocycles. The smallest absolute Gasteiger partial charge is 0.310 e. The summed E-state index contributed by atoms with van der Waals surface area (Å²) in [5, 5.41) is 11.8. The van der Waals surface area contributed by atoms with E-state index in [-0.39, 0.29) is 0 Å². The molecule has 0 spiro atoms. The van der Waals surface area contributed by atoms with Gasteiger partial charge in [-0.1, -0.05) is 38.7 Å². The highest BCUT2D eigenvalue weighted by atomic mass is 32.1. The van der Waals surface area contributed by atoms with E-state index in [0.29, 0.717) is 6.54 Å². The van der Waals surface area contributed by atoms with Crippen LogP contribution in [0.2, 0.25) is 0 Å². The molecule has 0 unspecified atom stereocenters. The van der Waals surface area contributed by atoms with Crippen LogP contribution in [0.25, 0.3) is 0 Å². The van der Waals surface area contributed by atoms with Crippen molar-refractivity contribution >= 4 is 17.3 Å². The van der Waals surface area contributed by atoms with E-state index in [2.05, 4.69) is 29.3 Å². The molecule has 112 valence electrons. The number of carbonyl (C=O) groups is 1. The Balaban J connectivity index is 2.06. The number of hydrogen-bond acceptors (Lipinski definition) is 3. The molecule has 1 N–H and O–H groups in total. The zero-order chi connectivity index (χ0) is 14.4. The van der Waals surface area contributed by atoms with Gasteiger partial charge in [-0.15, -0.1) is 11.3 Å². The Morgan fingerprint density at radius 3 is 2.55 bits per heavy atom. The Labute approximate surface area is 125 Å². The molecular formula is C16H25NO2S. The van der Waals surface area contributed by atoms with Crippen molar-refractivity contribution in [1.29, 1.82) is 0 Å². The fourth-order valence-electron chi connectivity index (χ4n) is 3.18. The van der Waals surface area contributed by atoms with Crippen LogP contribution in [0.4, 0.5) is 0 Å². The first-order valence-electron chi connectivity index (χ1n) is 7.64. The Morgan fingerprint density at radius 2 is 2.05 bits per heavy atom. The second-order valence-electron chi connectivity index (χ2n) is 5.88. The number of thiophene rings is 1. The average Bonchev–Trinajstić information content (AvgIpc) is 2.82. The van der Waals surface area contributed by atoms with Gasteiger partial charge in [0.1, 0.15) is 0 Å². The number of rotatable bonds is 6. The molecule has 1 aliphatic rings. The van der Waals surface area contributed by atoms with Gasteiger partial charge in [-0.25, -0.2) is 0 Å². The first kappa shape index (κ1) is 15.5. The molecule has 1 saturated carbocycles. The highest BCUT2D eigenvalue weighted by Crippen LogP contribution is 2.36. The van der Waals surface area contributed by atoms with Gasteiger partial charge in [-0.3, -0.25) is 9.69 Å². The van der Waals surface area contributed by atoms with Crippen molar-refractivity contribution < 1.29 is 9.90 Å². The molecule has 3 nitrogen and oxygen atoms in total. The minimum absolute atomic E-state index is 0.524. The molecule has 4 heteroatoms. The van der Waals surface area contributed by atoms with Crippen LogP contribution in [-0.4, -0.2) is 29.1 Å². The predicted octanol–water partition coefficient (Wildman–Crippen LogP) is 4.00. The van der Waals surface area contributed by atoms with Crippen molar-refractivity contribution in [3.8, 4) is 0 Å². The topological polar surface area (TPSA) is 40.5 Å². The summed E-state index contributed by atoms with van der Waals surface area (Å²) < 4.78 is 0. The van der Waals surface area contributed by atoms with Gasteiger partial charge < -0.3 is 5.11 Å². The van der Waals surface area contributed by atoms with Crippen LogP contribution in [0.5, 0.6) is 0 Å². The molecule has 1 aromatic heterocycles. The van der Waals surface area contributed by atoms with Crippen LogP contribution in [0.3, 0.4) is 0 Å². The molecule has 0 aliphatic heterocycles. The van der Waals surface area contributed by atoms with Gasteiger partial charge in [0.25, 0.3) is 0 Å². The Bertz CT molecular complexity index is 408. The third kappa shape index (κ3) is 3.83. The lowest BCUT2D eigenvalue weighted by Crippen LogP contribution is -2.42. The number of carboxylic acids is 1. The average molecular weight is 295 g/mol. The van der Waals surface area contributed by atoms with Gasteiger partial charge in [-0.05, 0) is 30.8 Å². The van der Waals surface area contributed by atoms with Gasteiger partial charge >= 0.3 is 5.97 Å². The van der Waals surface area contributed by atoms with E-state index in [0.717, 1.165) is 38.8 Å². The van der Waals surface area contributed by atoms with Crippen LogP contribution < -0.4 is 0 Å². The highest BCUT2D eigenvalue weighted by Gasteiger charge is 2.39. The summed E-state index contributed by atoms with van der Waals surface area (Å²) >= 11 is 1.75. The normalized spacial score (nSPS) is 18.9. The zero-order valence-corrected chi connectivity index (χ0v) is 13.1. The van der Waals surface area contributed by atoms with Gasteiger partial charge in [0.2, 0.25) is 0 Å². The fraction of sp³-hybridized carbons (Fsp3) is 0.688. The zero-order valence-electron chi connectivity index (χ0n) is 12.3. The molecule has 0 bridgehead atoms. The van der Waals surface area contributed by atoms with Gasteiger partial charge in [0, 0.05) is 18.0 Å². The van der Waals surface area contributed by atoms with Gasteiger partial charge in [0.15, 0.2) is 0 Å². The maximum absolute atomic E-state index is 11.9. The fourth-order valence-corrected chi connectivity index (χ4v) is 3.92. The third-order valence-corrected chi connectivity index (χ3v) is 5.31. The lowest BCUT2D eigenvalue weighted by atomic mass is 9.80. The second kappa shape index (κ2) is 7.23. The van der Waals surface area contributed by atoms with Crippen LogP contribution >= 0.6 is 11.3 Å². The van der Waals surface area contributed by atoms with Crippen molar-refractivity contribution in [3.63, 3.8) is 0 Å². The molecule has 0 amide bonds. The van der Waals surface area contributed by atoms with Crippen molar-refractivity contribution in [2.24, 2.45) is 5.41 Å². The summed E-state index contributed by atoms with van der Waals surface area (Å²) in [5.41, 5.74) is -0.524. The summed E-state index contributed by atoms with van der Waals surface area (Å²) in [6.07, 6.45) is 6.16. The maximum atomic E-state index is 11.9. The van der Waals surface area contributed by atoms with E-state index in [9.17, 15) is 9.90 Å². The Kier molecular flexibility index (Phi) is 5.61. The third-order valence-electron chi connectivity index (χ3n) is 4.45. The van der Waals surface area contributed by atoms with Crippen LogP contribution in [0, 0.1) is 5.41 Å². The van der Waals surface area contributed by atoms with E-state index in [1.165, 1.54) is 17.7 Å².